The van der Waals surface area contributed by atoms with Crippen LogP contribution in [-0.2, 0) is 0 Å². The molecule has 1 unspecified atom stereocenters. The summed E-state index contributed by atoms with van der Waals surface area (Å²) in [6, 6.07) is -0.151. The van der Waals surface area contributed by atoms with E-state index in [0.717, 1.165) is 12.8 Å². The Bertz CT molecular complexity index is 299. The van der Waals surface area contributed by atoms with Gasteiger partial charge in [-0.25, -0.2) is 4.79 Å². The van der Waals surface area contributed by atoms with Crippen molar-refractivity contribution in [2.75, 3.05) is 0 Å². The molecule has 60 valence electrons. The molecule has 11 heavy (non-hydrogen) atoms. The van der Waals surface area contributed by atoms with E-state index in [-0.39, 0.29) is 6.04 Å². The van der Waals surface area contributed by atoms with Crippen LogP contribution in [0.15, 0.2) is 9.32 Å². The van der Waals surface area contributed by atoms with Crippen LogP contribution >= 0.6 is 0 Å². The Morgan fingerprint density at radius 1 is 1.73 bits per heavy atom. The number of aromatic amines is 1. The zero-order valence-electron chi connectivity index (χ0n) is 5.91. The number of nitrogens with one attached hydrogen (secondary N) is 1. The van der Waals surface area contributed by atoms with E-state index in [9.17, 15) is 4.79 Å². The minimum absolute atomic E-state index is 0.151. The van der Waals surface area contributed by atoms with Gasteiger partial charge in [0.05, 0.1) is 6.04 Å². The first-order valence-electron chi connectivity index (χ1n) is 3.59. The van der Waals surface area contributed by atoms with Gasteiger partial charge in [-0.15, -0.1) is 0 Å². The summed E-state index contributed by atoms with van der Waals surface area (Å²) >= 11 is 0. The zero-order chi connectivity index (χ0) is 7.84. The predicted octanol–water partition coefficient (Wildman–Crippen LogP) is -0.227. The Hall–Kier alpha value is -1.10. The SMILES string of the molecule is NC(c1noc(=O)[nH]1)C1CC1. The summed E-state index contributed by atoms with van der Waals surface area (Å²) in [6.45, 7) is 0. The number of H-pyrrole nitrogens is 1. The van der Waals surface area contributed by atoms with Crippen LogP contribution in [0.3, 0.4) is 0 Å². The lowest BCUT2D eigenvalue weighted by Crippen LogP contribution is -2.15. The molecule has 0 saturated heterocycles. The van der Waals surface area contributed by atoms with Crippen LogP contribution in [0.4, 0.5) is 0 Å². The maximum absolute atomic E-state index is 10.5. The van der Waals surface area contributed by atoms with Crippen LogP contribution in [0.1, 0.15) is 24.7 Å². The van der Waals surface area contributed by atoms with Crippen molar-refractivity contribution in [1.29, 1.82) is 0 Å². The Morgan fingerprint density at radius 3 is 2.91 bits per heavy atom. The van der Waals surface area contributed by atoms with Gasteiger partial charge in [-0.05, 0) is 18.8 Å². The summed E-state index contributed by atoms with van der Waals surface area (Å²) in [7, 11) is 0. The minimum Gasteiger partial charge on any atom is -0.321 e. The lowest BCUT2D eigenvalue weighted by atomic mass is 10.2. The Labute approximate surface area is 62.6 Å². The van der Waals surface area contributed by atoms with Gasteiger partial charge in [-0.1, -0.05) is 5.16 Å². The topological polar surface area (TPSA) is 84.9 Å². The van der Waals surface area contributed by atoms with Gasteiger partial charge < -0.3 is 5.73 Å². The second kappa shape index (κ2) is 2.20. The third-order valence-corrected chi connectivity index (χ3v) is 1.90. The molecule has 5 heteroatoms. The van der Waals surface area contributed by atoms with Crippen molar-refractivity contribution in [2.24, 2.45) is 11.7 Å². The molecule has 0 bridgehead atoms. The van der Waals surface area contributed by atoms with Crippen LogP contribution in [0.5, 0.6) is 0 Å². The molecule has 5 nitrogen and oxygen atoms in total. The van der Waals surface area contributed by atoms with Gasteiger partial charge in [0.25, 0.3) is 0 Å². The summed E-state index contributed by atoms with van der Waals surface area (Å²) in [5.74, 6) is 0.421. The average Bonchev–Trinajstić information content (AvgIpc) is 2.74. The number of hydrogen-bond acceptors (Lipinski definition) is 4. The second-order valence-electron chi connectivity index (χ2n) is 2.84. The van der Waals surface area contributed by atoms with Crippen LogP contribution in [0.2, 0.25) is 0 Å². The summed E-state index contributed by atoms with van der Waals surface area (Å²) in [5.41, 5.74) is 5.72. The molecule has 1 aromatic rings. The highest BCUT2D eigenvalue weighted by atomic mass is 16.5. The third-order valence-electron chi connectivity index (χ3n) is 1.90. The van der Waals surface area contributed by atoms with Gasteiger partial charge in [0.15, 0.2) is 5.82 Å². The highest BCUT2D eigenvalue weighted by molar-refractivity contribution is 4.97. The van der Waals surface area contributed by atoms with Gasteiger partial charge in [0.2, 0.25) is 0 Å². The molecule has 1 atom stereocenters. The van der Waals surface area contributed by atoms with E-state index in [2.05, 4.69) is 14.7 Å². The zero-order valence-corrected chi connectivity index (χ0v) is 5.91. The summed E-state index contributed by atoms with van der Waals surface area (Å²) in [4.78, 5) is 12.9. The van der Waals surface area contributed by atoms with Crippen molar-refractivity contribution in [3.05, 3.63) is 16.4 Å². The molecule has 1 saturated carbocycles. The smallest absolute Gasteiger partial charge is 0.321 e. The largest absolute Gasteiger partial charge is 0.438 e. The Balaban J connectivity index is 2.20. The summed E-state index contributed by atoms with van der Waals surface area (Å²) in [5, 5.41) is 3.51. The van der Waals surface area contributed by atoms with E-state index >= 15 is 0 Å². The molecular weight excluding hydrogens is 146 g/mol. The van der Waals surface area contributed by atoms with Crippen molar-refractivity contribution in [2.45, 2.75) is 18.9 Å². The van der Waals surface area contributed by atoms with E-state index in [1.807, 2.05) is 0 Å². The number of nitrogens with zero attached hydrogens (tertiary/aromatic N) is 1. The standard InChI is InChI=1S/C6H9N3O2/c7-4(3-1-2-3)5-8-6(10)11-9-5/h3-4H,1-2,7H2,(H,8,9,10). The van der Waals surface area contributed by atoms with Crippen LogP contribution in [0.25, 0.3) is 0 Å². The molecule has 0 radical (unpaired) electrons. The molecule has 0 amide bonds. The second-order valence-corrected chi connectivity index (χ2v) is 2.84. The van der Waals surface area contributed by atoms with Gasteiger partial charge in [-0.3, -0.25) is 9.51 Å². The summed E-state index contributed by atoms with van der Waals surface area (Å²) < 4.78 is 4.32. The first kappa shape index (κ1) is 6.60. The predicted molar refractivity (Wildman–Crippen MR) is 36.8 cm³/mol. The molecule has 0 spiro atoms. The number of rotatable bonds is 2. The monoisotopic (exact) mass is 155 g/mol. The number of hydrogen-bond donors (Lipinski definition) is 2. The molecular formula is C6H9N3O2. The summed E-state index contributed by atoms with van der Waals surface area (Å²) in [6.07, 6.45) is 2.24. The van der Waals surface area contributed by atoms with Crippen LogP contribution in [0, 0.1) is 5.92 Å². The highest BCUT2D eigenvalue weighted by Gasteiger charge is 2.31. The van der Waals surface area contributed by atoms with E-state index in [0.29, 0.717) is 11.7 Å². The number of nitrogens with two attached hydrogens (primary N) is 1. The fraction of sp³-hybridized carbons (Fsp3) is 0.667. The lowest BCUT2D eigenvalue weighted by molar-refractivity contribution is 0.375. The first-order chi connectivity index (χ1) is 5.27. The first-order valence-corrected chi connectivity index (χ1v) is 3.59. The maximum Gasteiger partial charge on any atom is 0.438 e. The average molecular weight is 155 g/mol. The van der Waals surface area contributed by atoms with Crippen molar-refractivity contribution in [3.8, 4) is 0 Å². The molecule has 1 aliphatic rings. The van der Waals surface area contributed by atoms with Gasteiger partial charge in [-0.2, -0.15) is 0 Å². The van der Waals surface area contributed by atoms with Gasteiger partial charge >= 0.3 is 5.76 Å². The van der Waals surface area contributed by atoms with Crippen LogP contribution in [-0.4, -0.2) is 10.1 Å². The quantitative estimate of drug-likeness (QED) is 0.617. The van der Waals surface area contributed by atoms with Crippen molar-refractivity contribution in [1.82, 2.24) is 10.1 Å². The molecule has 3 N–H and O–H groups in total. The molecule has 0 aliphatic heterocycles. The number of aromatic nitrogens is 2. The van der Waals surface area contributed by atoms with Crippen molar-refractivity contribution < 1.29 is 4.52 Å². The Morgan fingerprint density at radius 2 is 2.45 bits per heavy atom. The van der Waals surface area contributed by atoms with Crippen LogP contribution < -0.4 is 11.5 Å². The van der Waals surface area contributed by atoms with Gasteiger partial charge in [0, 0.05) is 0 Å². The van der Waals surface area contributed by atoms with E-state index < -0.39 is 5.76 Å². The Kier molecular flexibility index (Phi) is 1.32. The van der Waals surface area contributed by atoms with Crippen molar-refractivity contribution >= 4 is 0 Å². The molecule has 2 rings (SSSR count). The van der Waals surface area contributed by atoms with E-state index in [4.69, 9.17) is 5.73 Å². The molecule has 1 heterocycles. The maximum atomic E-state index is 10.5. The third kappa shape index (κ3) is 1.19. The fourth-order valence-corrected chi connectivity index (χ4v) is 1.06. The lowest BCUT2D eigenvalue weighted by Gasteiger charge is -2.01. The van der Waals surface area contributed by atoms with Gasteiger partial charge in [0.1, 0.15) is 0 Å². The fourth-order valence-electron chi connectivity index (χ4n) is 1.06. The van der Waals surface area contributed by atoms with E-state index in [1.165, 1.54) is 0 Å². The molecule has 1 aromatic heterocycles. The van der Waals surface area contributed by atoms with E-state index in [1.54, 1.807) is 0 Å². The molecule has 0 aromatic carbocycles. The molecule has 1 aliphatic carbocycles. The molecule has 1 fully saturated rings. The minimum atomic E-state index is -0.531. The van der Waals surface area contributed by atoms with Crippen molar-refractivity contribution in [3.63, 3.8) is 0 Å². The highest BCUT2D eigenvalue weighted by Crippen LogP contribution is 2.37. The normalized spacial score (nSPS) is 20.1.